The second kappa shape index (κ2) is 6.31. The van der Waals surface area contributed by atoms with Gasteiger partial charge in [-0.25, -0.2) is 13.6 Å². The van der Waals surface area contributed by atoms with Gasteiger partial charge in [0.25, 0.3) is 0 Å². The summed E-state index contributed by atoms with van der Waals surface area (Å²) in [6.07, 6.45) is 2.04. The number of halogens is 1. The lowest BCUT2D eigenvalue weighted by atomic mass is 10.0. The van der Waals surface area contributed by atoms with Crippen molar-refractivity contribution in [3.05, 3.63) is 64.1 Å². The summed E-state index contributed by atoms with van der Waals surface area (Å²) in [6.45, 7) is 0. The average Bonchev–Trinajstić information content (AvgIpc) is 3.28. The Hall–Kier alpha value is -1.70. The van der Waals surface area contributed by atoms with Crippen LogP contribution in [0.3, 0.4) is 0 Å². The van der Waals surface area contributed by atoms with Crippen LogP contribution in [0.25, 0.3) is 0 Å². The minimum Gasteiger partial charge on any atom is -0.346 e. The van der Waals surface area contributed by atoms with Crippen molar-refractivity contribution in [1.29, 1.82) is 0 Å². The Bertz CT molecular complexity index is 858. The SMILES string of the molecule is NS(=O)(=O)c1ccc(CC(=O)NC2(c3ccc(Br)cc3)CC2)cc1. The summed E-state index contributed by atoms with van der Waals surface area (Å²) in [4.78, 5) is 12.4. The molecule has 0 aromatic heterocycles. The van der Waals surface area contributed by atoms with Gasteiger partial charge in [-0.2, -0.15) is 0 Å². The molecule has 1 amide bonds. The first-order valence-electron chi connectivity index (χ1n) is 7.47. The lowest BCUT2D eigenvalue weighted by Crippen LogP contribution is -2.35. The Morgan fingerprint density at radius 2 is 1.67 bits per heavy atom. The molecule has 2 aromatic carbocycles. The van der Waals surface area contributed by atoms with E-state index in [0.29, 0.717) is 0 Å². The summed E-state index contributed by atoms with van der Waals surface area (Å²) in [6, 6.07) is 14.0. The van der Waals surface area contributed by atoms with Gasteiger partial charge in [-0.15, -0.1) is 0 Å². The first kappa shape index (κ1) is 17.1. The number of nitrogens with two attached hydrogens (primary N) is 1. The zero-order valence-corrected chi connectivity index (χ0v) is 15.2. The molecule has 0 saturated heterocycles. The van der Waals surface area contributed by atoms with Gasteiger partial charge in [0.15, 0.2) is 0 Å². The number of sulfonamides is 1. The van der Waals surface area contributed by atoms with Crippen LogP contribution in [0.4, 0.5) is 0 Å². The number of nitrogens with one attached hydrogen (secondary N) is 1. The maximum Gasteiger partial charge on any atom is 0.238 e. The van der Waals surface area contributed by atoms with Crippen LogP contribution < -0.4 is 10.5 Å². The highest BCUT2D eigenvalue weighted by molar-refractivity contribution is 9.10. The average molecular weight is 409 g/mol. The molecule has 7 heteroatoms. The third-order valence-corrected chi connectivity index (χ3v) is 5.60. The van der Waals surface area contributed by atoms with Crippen molar-refractivity contribution in [3.63, 3.8) is 0 Å². The monoisotopic (exact) mass is 408 g/mol. The van der Waals surface area contributed by atoms with Crippen molar-refractivity contribution in [2.24, 2.45) is 5.14 Å². The van der Waals surface area contributed by atoms with E-state index >= 15 is 0 Å². The normalized spacial score (nSPS) is 15.8. The van der Waals surface area contributed by atoms with E-state index in [2.05, 4.69) is 21.2 Å². The van der Waals surface area contributed by atoms with E-state index in [1.165, 1.54) is 12.1 Å². The number of hydrogen-bond donors (Lipinski definition) is 2. The third-order valence-electron chi connectivity index (χ3n) is 4.14. The molecule has 1 aliphatic rings. The molecule has 2 aromatic rings. The van der Waals surface area contributed by atoms with Gasteiger partial charge in [-0.3, -0.25) is 4.79 Å². The van der Waals surface area contributed by atoms with Crippen molar-refractivity contribution >= 4 is 31.9 Å². The van der Waals surface area contributed by atoms with Gasteiger partial charge in [-0.1, -0.05) is 40.2 Å². The van der Waals surface area contributed by atoms with Gasteiger partial charge in [-0.05, 0) is 48.2 Å². The van der Waals surface area contributed by atoms with Crippen molar-refractivity contribution in [2.45, 2.75) is 29.7 Å². The van der Waals surface area contributed by atoms with E-state index in [0.717, 1.165) is 28.4 Å². The number of benzene rings is 2. The van der Waals surface area contributed by atoms with Gasteiger partial charge >= 0.3 is 0 Å². The predicted octanol–water partition coefficient (Wildman–Crippen LogP) is 2.44. The predicted molar refractivity (Wildman–Crippen MR) is 94.7 cm³/mol. The number of rotatable bonds is 5. The minimum atomic E-state index is -3.71. The highest BCUT2D eigenvalue weighted by atomic mass is 79.9. The van der Waals surface area contributed by atoms with Gasteiger partial charge < -0.3 is 5.32 Å². The molecule has 3 rings (SSSR count). The molecule has 24 heavy (non-hydrogen) atoms. The molecule has 0 radical (unpaired) electrons. The molecule has 0 unspecified atom stereocenters. The summed E-state index contributed by atoms with van der Waals surface area (Å²) in [5.41, 5.74) is 1.58. The molecule has 0 spiro atoms. The fourth-order valence-electron chi connectivity index (χ4n) is 2.67. The van der Waals surface area contributed by atoms with E-state index in [1.807, 2.05) is 24.3 Å². The Morgan fingerprint density at radius 3 is 2.17 bits per heavy atom. The van der Waals surface area contributed by atoms with Gasteiger partial charge in [0.1, 0.15) is 0 Å². The largest absolute Gasteiger partial charge is 0.346 e. The number of hydrogen-bond acceptors (Lipinski definition) is 3. The highest BCUT2D eigenvalue weighted by Crippen LogP contribution is 2.45. The Balaban J connectivity index is 1.66. The summed E-state index contributed by atoms with van der Waals surface area (Å²) in [5.74, 6) is -0.0845. The summed E-state index contributed by atoms with van der Waals surface area (Å²) in [7, 11) is -3.71. The molecule has 126 valence electrons. The maximum absolute atomic E-state index is 12.3. The van der Waals surface area contributed by atoms with Crippen LogP contribution in [-0.2, 0) is 26.8 Å². The zero-order chi connectivity index (χ0) is 17.4. The second-order valence-electron chi connectivity index (χ2n) is 6.00. The van der Waals surface area contributed by atoms with E-state index in [1.54, 1.807) is 12.1 Å². The van der Waals surface area contributed by atoms with Crippen LogP contribution in [0.15, 0.2) is 57.9 Å². The van der Waals surface area contributed by atoms with Gasteiger partial charge in [0.2, 0.25) is 15.9 Å². The minimum absolute atomic E-state index is 0.0418. The lowest BCUT2D eigenvalue weighted by Gasteiger charge is -2.18. The number of amides is 1. The van der Waals surface area contributed by atoms with Crippen LogP contribution >= 0.6 is 15.9 Å². The number of primary sulfonamides is 1. The van der Waals surface area contributed by atoms with Gasteiger partial charge in [0.05, 0.1) is 16.9 Å². The van der Waals surface area contributed by atoms with Crippen LogP contribution in [0.2, 0.25) is 0 Å². The molecule has 1 fully saturated rings. The molecular formula is C17H17BrN2O3S. The number of carbonyl (C=O) groups excluding carboxylic acids is 1. The van der Waals surface area contributed by atoms with Crippen molar-refractivity contribution in [2.75, 3.05) is 0 Å². The molecule has 0 aliphatic heterocycles. The van der Waals surface area contributed by atoms with Crippen molar-refractivity contribution in [1.82, 2.24) is 5.32 Å². The highest BCUT2D eigenvalue weighted by Gasteiger charge is 2.45. The van der Waals surface area contributed by atoms with E-state index < -0.39 is 10.0 Å². The van der Waals surface area contributed by atoms with Crippen molar-refractivity contribution < 1.29 is 13.2 Å². The first-order valence-corrected chi connectivity index (χ1v) is 9.81. The smallest absolute Gasteiger partial charge is 0.238 e. The zero-order valence-electron chi connectivity index (χ0n) is 12.8. The number of carbonyl (C=O) groups is 1. The fourth-order valence-corrected chi connectivity index (χ4v) is 3.45. The van der Waals surface area contributed by atoms with Crippen LogP contribution in [0.5, 0.6) is 0 Å². The Morgan fingerprint density at radius 1 is 1.08 bits per heavy atom. The summed E-state index contributed by atoms with van der Waals surface area (Å²) >= 11 is 3.41. The standard InChI is InChI=1S/C17H17BrN2O3S/c18-14-5-3-13(4-6-14)17(9-10-17)20-16(21)11-12-1-7-15(8-2-12)24(19,22)23/h1-8H,9-11H2,(H,20,21)(H2,19,22,23). The molecule has 5 nitrogen and oxygen atoms in total. The Labute approximate surface area is 149 Å². The molecular weight excluding hydrogens is 392 g/mol. The molecule has 0 atom stereocenters. The van der Waals surface area contributed by atoms with E-state index in [9.17, 15) is 13.2 Å². The second-order valence-corrected chi connectivity index (χ2v) is 8.48. The maximum atomic E-state index is 12.3. The topological polar surface area (TPSA) is 89.3 Å². The summed E-state index contributed by atoms with van der Waals surface area (Å²) < 4.78 is 23.5. The van der Waals surface area contributed by atoms with E-state index in [4.69, 9.17) is 5.14 Å². The summed E-state index contributed by atoms with van der Waals surface area (Å²) in [5, 5.41) is 8.16. The molecule has 1 saturated carbocycles. The van der Waals surface area contributed by atoms with Gasteiger partial charge in [0, 0.05) is 4.47 Å². The molecule has 3 N–H and O–H groups in total. The quantitative estimate of drug-likeness (QED) is 0.795. The lowest BCUT2D eigenvalue weighted by molar-refractivity contribution is -0.121. The third kappa shape index (κ3) is 3.85. The molecule has 0 bridgehead atoms. The Kier molecular flexibility index (Phi) is 4.50. The van der Waals surface area contributed by atoms with Crippen LogP contribution in [0.1, 0.15) is 24.0 Å². The van der Waals surface area contributed by atoms with Crippen LogP contribution in [-0.4, -0.2) is 14.3 Å². The molecule has 1 aliphatic carbocycles. The van der Waals surface area contributed by atoms with Crippen LogP contribution in [0, 0.1) is 0 Å². The van der Waals surface area contributed by atoms with Crippen molar-refractivity contribution in [3.8, 4) is 0 Å². The fraction of sp³-hybridized carbons (Fsp3) is 0.235. The first-order chi connectivity index (χ1) is 11.3. The van der Waals surface area contributed by atoms with E-state index in [-0.39, 0.29) is 22.8 Å². The molecule has 0 heterocycles.